The third-order valence-corrected chi connectivity index (χ3v) is 2.99. The summed E-state index contributed by atoms with van der Waals surface area (Å²) in [6.45, 7) is 3.60. The van der Waals surface area contributed by atoms with Crippen molar-refractivity contribution in [1.82, 2.24) is 0 Å². The van der Waals surface area contributed by atoms with Crippen LogP contribution in [-0.4, -0.2) is 29.5 Å². The van der Waals surface area contributed by atoms with E-state index in [2.05, 4.69) is 11.9 Å². The molecule has 19 heavy (non-hydrogen) atoms. The standard InChI is InChI=1S/C13H15NO4S/c1-2-6-18-13(17)14-11-5-3-4-10(7-11)8-19-9-12(15)16/h2-5,7H,1,6,8-9H2,(H,14,17)(H,15,16). The van der Waals surface area contributed by atoms with Gasteiger partial charge in [0.1, 0.15) is 6.61 Å². The summed E-state index contributed by atoms with van der Waals surface area (Å²) in [5.74, 6) is -0.213. The Morgan fingerprint density at radius 1 is 1.47 bits per heavy atom. The van der Waals surface area contributed by atoms with E-state index in [1.807, 2.05) is 6.07 Å². The summed E-state index contributed by atoms with van der Waals surface area (Å²) in [6.07, 6.45) is 0.939. The van der Waals surface area contributed by atoms with Crippen molar-refractivity contribution in [3.8, 4) is 0 Å². The molecular weight excluding hydrogens is 266 g/mol. The number of hydrogen-bond donors (Lipinski definition) is 2. The number of rotatable bonds is 7. The Kier molecular flexibility index (Phi) is 6.52. The number of thioether (sulfide) groups is 1. The van der Waals surface area contributed by atoms with E-state index < -0.39 is 12.1 Å². The molecule has 0 fully saturated rings. The summed E-state index contributed by atoms with van der Waals surface area (Å²) < 4.78 is 4.80. The normalized spacial score (nSPS) is 9.68. The Morgan fingerprint density at radius 3 is 2.95 bits per heavy atom. The average molecular weight is 281 g/mol. The van der Waals surface area contributed by atoms with Gasteiger partial charge in [-0.2, -0.15) is 0 Å². The summed E-state index contributed by atoms with van der Waals surface area (Å²) in [6, 6.07) is 7.18. The second-order valence-corrected chi connectivity index (χ2v) is 4.58. The zero-order chi connectivity index (χ0) is 14.1. The lowest BCUT2D eigenvalue weighted by molar-refractivity contribution is -0.133. The van der Waals surface area contributed by atoms with E-state index in [1.165, 1.54) is 17.8 Å². The Hall–Kier alpha value is -1.95. The quantitative estimate of drug-likeness (QED) is 0.752. The number of carbonyl (C=O) groups excluding carboxylic acids is 1. The van der Waals surface area contributed by atoms with Crippen LogP contribution in [0.2, 0.25) is 0 Å². The summed E-state index contributed by atoms with van der Waals surface area (Å²) in [7, 11) is 0. The van der Waals surface area contributed by atoms with Crippen LogP contribution in [0.1, 0.15) is 5.56 Å². The molecule has 1 rings (SSSR count). The Morgan fingerprint density at radius 2 is 2.26 bits per heavy atom. The molecule has 5 nitrogen and oxygen atoms in total. The maximum absolute atomic E-state index is 11.3. The summed E-state index contributed by atoms with van der Waals surface area (Å²) >= 11 is 1.30. The average Bonchev–Trinajstić information content (AvgIpc) is 2.36. The second-order valence-electron chi connectivity index (χ2n) is 3.60. The molecule has 0 radical (unpaired) electrons. The van der Waals surface area contributed by atoms with Gasteiger partial charge in [-0.05, 0) is 17.7 Å². The van der Waals surface area contributed by atoms with Crippen LogP contribution in [0, 0.1) is 0 Å². The fraction of sp³-hybridized carbons (Fsp3) is 0.231. The molecule has 0 aliphatic carbocycles. The molecule has 1 amide bonds. The number of carboxylic acid groups (broad SMARTS) is 1. The molecule has 0 aromatic heterocycles. The highest BCUT2D eigenvalue weighted by molar-refractivity contribution is 7.99. The first-order valence-electron chi connectivity index (χ1n) is 5.55. The van der Waals surface area contributed by atoms with Crippen LogP contribution in [0.5, 0.6) is 0 Å². The first kappa shape index (κ1) is 15.1. The molecule has 0 unspecified atom stereocenters. The van der Waals surface area contributed by atoms with Gasteiger partial charge in [0.15, 0.2) is 0 Å². The number of hydrogen-bond acceptors (Lipinski definition) is 4. The van der Waals surface area contributed by atoms with Gasteiger partial charge in [0.05, 0.1) is 5.75 Å². The van der Waals surface area contributed by atoms with Crippen molar-refractivity contribution in [3.05, 3.63) is 42.5 Å². The van der Waals surface area contributed by atoms with Crippen LogP contribution in [0.4, 0.5) is 10.5 Å². The van der Waals surface area contributed by atoms with Crippen LogP contribution >= 0.6 is 11.8 Å². The van der Waals surface area contributed by atoms with Crippen LogP contribution in [0.15, 0.2) is 36.9 Å². The van der Waals surface area contributed by atoms with Crippen LogP contribution in [0.25, 0.3) is 0 Å². The lowest BCUT2D eigenvalue weighted by atomic mass is 10.2. The molecule has 0 bridgehead atoms. The van der Waals surface area contributed by atoms with Gasteiger partial charge >= 0.3 is 12.1 Å². The molecule has 2 N–H and O–H groups in total. The molecule has 0 heterocycles. The second kappa shape index (κ2) is 8.20. The van der Waals surface area contributed by atoms with Gasteiger partial charge in [0, 0.05) is 11.4 Å². The highest BCUT2D eigenvalue weighted by Crippen LogP contribution is 2.16. The van der Waals surface area contributed by atoms with E-state index in [0.29, 0.717) is 11.4 Å². The fourth-order valence-electron chi connectivity index (χ4n) is 1.28. The highest BCUT2D eigenvalue weighted by Gasteiger charge is 2.03. The minimum atomic E-state index is -0.840. The largest absolute Gasteiger partial charge is 0.481 e. The van der Waals surface area contributed by atoms with Gasteiger partial charge in [-0.15, -0.1) is 11.8 Å². The van der Waals surface area contributed by atoms with Crippen molar-refractivity contribution < 1.29 is 19.4 Å². The number of nitrogens with one attached hydrogen (secondary N) is 1. The highest BCUT2D eigenvalue weighted by atomic mass is 32.2. The third kappa shape index (κ3) is 6.52. The van der Waals surface area contributed by atoms with Crippen molar-refractivity contribution in [1.29, 1.82) is 0 Å². The lowest BCUT2D eigenvalue weighted by Crippen LogP contribution is -2.13. The lowest BCUT2D eigenvalue weighted by Gasteiger charge is -2.07. The minimum Gasteiger partial charge on any atom is -0.481 e. The number of anilines is 1. The predicted octanol–water partition coefficient (Wildman–Crippen LogP) is 2.74. The van der Waals surface area contributed by atoms with Crippen molar-refractivity contribution in [2.45, 2.75) is 5.75 Å². The molecule has 0 spiro atoms. The molecule has 6 heteroatoms. The van der Waals surface area contributed by atoms with Crippen molar-refractivity contribution in [3.63, 3.8) is 0 Å². The molecule has 0 aliphatic heterocycles. The van der Waals surface area contributed by atoms with Crippen molar-refractivity contribution in [2.75, 3.05) is 17.7 Å². The number of amides is 1. The number of aliphatic carboxylic acids is 1. The molecular formula is C13H15NO4S. The maximum atomic E-state index is 11.3. The Bertz CT molecular complexity index is 462. The first-order valence-corrected chi connectivity index (χ1v) is 6.70. The van der Waals surface area contributed by atoms with Crippen molar-refractivity contribution in [2.24, 2.45) is 0 Å². The molecule has 0 aliphatic rings. The number of ether oxygens (including phenoxy) is 1. The molecule has 0 atom stereocenters. The number of carbonyl (C=O) groups is 2. The van der Waals surface area contributed by atoms with E-state index in [9.17, 15) is 9.59 Å². The Labute approximate surface area is 115 Å². The monoisotopic (exact) mass is 281 g/mol. The third-order valence-electron chi connectivity index (χ3n) is 2.00. The van der Waals surface area contributed by atoms with E-state index in [0.717, 1.165) is 5.56 Å². The van der Waals surface area contributed by atoms with Crippen molar-refractivity contribution >= 4 is 29.5 Å². The molecule has 0 saturated heterocycles. The number of benzene rings is 1. The number of carboxylic acids is 1. The molecule has 0 saturated carbocycles. The molecule has 102 valence electrons. The van der Waals surface area contributed by atoms with Gasteiger partial charge in [-0.3, -0.25) is 10.1 Å². The van der Waals surface area contributed by atoms with Crippen LogP contribution in [-0.2, 0) is 15.3 Å². The zero-order valence-corrected chi connectivity index (χ0v) is 11.1. The zero-order valence-electron chi connectivity index (χ0n) is 10.3. The maximum Gasteiger partial charge on any atom is 0.411 e. The van der Waals surface area contributed by atoms with E-state index >= 15 is 0 Å². The predicted molar refractivity (Wildman–Crippen MR) is 75.4 cm³/mol. The molecule has 1 aromatic rings. The minimum absolute atomic E-state index is 0.0546. The smallest absolute Gasteiger partial charge is 0.411 e. The van der Waals surface area contributed by atoms with Gasteiger partial charge in [0.25, 0.3) is 0 Å². The van der Waals surface area contributed by atoms with Crippen LogP contribution in [0.3, 0.4) is 0 Å². The van der Waals surface area contributed by atoms with Gasteiger partial charge in [-0.25, -0.2) is 4.79 Å². The molecule has 1 aromatic carbocycles. The van der Waals surface area contributed by atoms with Crippen LogP contribution < -0.4 is 5.32 Å². The van der Waals surface area contributed by atoms with Gasteiger partial charge in [0.2, 0.25) is 0 Å². The fourth-order valence-corrected chi connectivity index (χ4v) is 1.98. The van der Waals surface area contributed by atoms with Gasteiger partial charge in [-0.1, -0.05) is 24.8 Å². The van der Waals surface area contributed by atoms with E-state index in [4.69, 9.17) is 9.84 Å². The summed E-state index contributed by atoms with van der Waals surface area (Å²) in [5.41, 5.74) is 1.55. The van der Waals surface area contributed by atoms with Gasteiger partial charge < -0.3 is 9.84 Å². The van der Waals surface area contributed by atoms with E-state index in [1.54, 1.807) is 18.2 Å². The summed E-state index contributed by atoms with van der Waals surface area (Å²) in [4.78, 5) is 21.7. The van der Waals surface area contributed by atoms with E-state index in [-0.39, 0.29) is 12.4 Å². The first-order chi connectivity index (χ1) is 9.11. The topological polar surface area (TPSA) is 75.6 Å². The Balaban J connectivity index is 2.49. The summed E-state index contributed by atoms with van der Waals surface area (Å²) in [5, 5.41) is 11.1. The SMILES string of the molecule is C=CCOC(=O)Nc1cccc(CSCC(=O)O)c1.